The molecule has 0 rings (SSSR count). The van der Waals surface area contributed by atoms with Crippen molar-refractivity contribution in [2.75, 3.05) is 26.4 Å². The lowest BCUT2D eigenvalue weighted by Gasteiger charge is -2.20. The third-order valence-corrected chi connectivity index (χ3v) is 9.66. The molecule has 14 nitrogen and oxygen atoms in total. The average Bonchev–Trinajstić information content (AvgIpc) is 3.20. The number of allylic oxidation sites excluding steroid dienone is 14. The number of carbonyl (C=O) groups excluding carboxylic acids is 3. The van der Waals surface area contributed by atoms with Gasteiger partial charge in [0.2, 0.25) is 0 Å². The quantitative estimate of drug-likeness (QED) is 0.0113. The molecule has 0 aromatic rings. The van der Waals surface area contributed by atoms with Crippen molar-refractivity contribution in [3.63, 3.8) is 0 Å². The van der Waals surface area contributed by atoms with Gasteiger partial charge in [-0.15, -0.1) is 0 Å². The van der Waals surface area contributed by atoms with Gasteiger partial charge in [0, 0.05) is 19.3 Å². The molecule has 0 aromatic heterocycles. The maximum atomic E-state index is 12.6. The number of phosphoric acid groups is 2. The van der Waals surface area contributed by atoms with Gasteiger partial charge in [-0.1, -0.05) is 119 Å². The first-order valence-electron chi connectivity index (χ1n) is 21.2. The lowest BCUT2D eigenvalue weighted by Crippen LogP contribution is -2.30. The van der Waals surface area contributed by atoms with Crippen LogP contribution in [-0.2, 0) is 46.6 Å². The Bertz CT molecular complexity index is 1440. The number of carbonyl (C=O) groups is 3. The summed E-state index contributed by atoms with van der Waals surface area (Å²) >= 11 is 0. The first-order valence-corrected chi connectivity index (χ1v) is 24.3. The molecule has 0 spiro atoms. The van der Waals surface area contributed by atoms with Crippen molar-refractivity contribution in [1.29, 1.82) is 0 Å². The number of aliphatic hydroxyl groups is 1. The standard InChI is InChI=1S/C44H72O14P2/c1-3-5-7-9-11-13-15-17-18-20-22-24-26-28-30-34-44(48)58-42(39-57-60(52,53)56-37-41(46)36-55-59(49,50)51)38-54-43(47)35-31-33-40(45)32-29-27-25-23-21-19-16-14-12-10-8-6-4-2/h11-14,17-19,21-22,24-25,27,29,32,41-42,46H,3-10,15-16,20,23,26,28,30-31,33-39H2,1-2H3,(H,52,53)(H2,49,50,51)/b13-11-,14-12-,18-17-,21-19-,24-22-,27-25-,32-29+/t41-,42+/m0/s1. The second kappa shape index (κ2) is 38.9. The largest absolute Gasteiger partial charge is 0.472 e. The predicted molar refractivity (Wildman–Crippen MR) is 235 cm³/mol. The van der Waals surface area contributed by atoms with Gasteiger partial charge in [-0.25, -0.2) is 9.13 Å². The molecule has 0 radical (unpaired) electrons. The molecular weight excluding hydrogens is 814 g/mol. The van der Waals surface area contributed by atoms with Crippen LogP contribution in [-0.4, -0.2) is 76.1 Å². The Labute approximate surface area is 358 Å². The van der Waals surface area contributed by atoms with E-state index in [9.17, 15) is 33.5 Å². The van der Waals surface area contributed by atoms with E-state index in [1.807, 2.05) is 12.2 Å². The molecule has 0 aliphatic heterocycles. The van der Waals surface area contributed by atoms with Crippen LogP contribution in [0.25, 0.3) is 0 Å². The number of esters is 2. The molecule has 3 atom stereocenters. The highest BCUT2D eigenvalue weighted by molar-refractivity contribution is 7.47. The Balaban J connectivity index is 4.81. The zero-order chi connectivity index (χ0) is 44.6. The highest BCUT2D eigenvalue weighted by Gasteiger charge is 2.28. The molecular formula is C44H72O14P2. The first-order chi connectivity index (χ1) is 28.8. The van der Waals surface area contributed by atoms with Crippen LogP contribution in [0.1, 0.15) is 136 Å². The summed E-state index contributed by atoms with van der Waals surface area (Å²) in [5.41, 5.74) is 0. The Morgan fingerprint density at radius 3 is 1.57 bits per heavy atom. The third-order valence-electron chi connectivity index (χ3n) is 8.22. The van der Waals surface area contributed by atoms with Gasteiger partial charge in [0.25, 0.3) is 0 Å². The molecule has 0 amide bonds. The van der Waals surface area contributed by atoms with E-state index in [2.05, 4.69) is 77.6 Å². The highest BCUT2D eigenvalue weighted by atomic mass is 31.2. The second-order valence-electron chi connectivity index (χ2n) is 13.9. The van der Waals surface area contributed by atoms with E-state index in [0.717, 1.165) is 44.9 Å². The van der Waals surface area contributed by atoms with E-state index >= 15 is 0 Å². The van der Waals surface area contributed by atoms with Crippen molar-refractivity contribution in [2.24, 2.45) is 0 Å². The molecule has 0 heterocycles. The molecule has 1 unspecified atom stereocenters. The van der Waals surface area contributed by atoms with Gasteiger partial charge in [-0.05, 0) is 83.1 Å². The molecule has 0 saturated carbocycles. The zero-order valence-corrected chi connectivity index (χ0v) is 37.6. The van der Waals surface area contributed by atoms with Crippen molar-refractivity contribution in [1.82, 2.24) is 0 Å². The van der Waals surface area contributed by atoms with E-state index in [0.29, 0.717) is 12.8 Å². The van der Waals surface area contributed by atoms with Gasteiger partial charge < -0.3 is 29.3 Å². The summed E-state index contributed by atoms with van der Waals surface area (Å²) < 4.78 is 47.5. The molecule has 342 valence electrons. The maximum Gasteiger partial charge on any atom is 0.472 e. The fraction of sp³-hybridized carbons (Fsp3) is 0.614. The van der Waals surface area contributed by atoms with Crippen LogP contribution >= 0.6 is 15.6 Å². The topological polar surface area (TPSA) is 212 Å². The van der Waals surface area contributed by atoms with Crippen LogP contribution in [0.15, 0.2) is 85.1 Å². The minimum absolute atomic E-state index is 0.0280. The minimum atomic E-state index is -4.89. The van der Waals surface area contributed by atoms with E-state index in [1.165, 1.54) is 44.6 Å². The van der Waals surface area contributed by atoms with Crippen molar-refractivity contribution < 1.29 is 66.3 Å². The van der Waals surface area contributed by atoms with Gasteiger partial charge in [0.1, 0.15) is 12.7 Å². The van der Waals surface area contributed by atoms with Gasteiger partial charge in [-0.3, -0.25) is 28.0 Å². The van der Waals surface area contributed by atoms with Crippen LogP contribution in [0.4, 0.5) is 0 Å². The third kappa shape index (κ3) is 41.7. The van der Waals surface area contributed by atoms with Crippen molar-refractivity contribution in [3.05, 3.63) is 85.1 Å². The summed E-state index contributed by atoms with van der Waals surface area (Å²) in [7, 11) is -9.77. The van der Waals surface area contributed by atoms with Crippen LogP contribution in [0.2, 0.25) is 0 Å². The number of ether oxygens (including phenoxy) is 2. The van der Waals surface area contributed by atoms with Crippen LogP contribution in [0.3, 0.4) is 0 Å². The minimum Gasteiger partial charge on any atom is -0.462 e. The number of phosphoric ester groups is 2. The second-order valence-corrected chi connectivity index (χ2v) is 16.6. The molecule has 0 saturated heterocycles. The van der Waals surface area contributed by atoms with E-state index < -0.39 is 66.2 Å². The van der Waals surface area contributed by atoms with Gasteiger partial charge >= 0.3 is 27.6 Å². The average molecular weight is 887 g/mol. The zero-order valence-electron chi connectivity index (χ0n) is 35.8. The highest BCUT2D eigenvalue weighted by Crippen LogP contribution is 2.43. The SMILES string of the molecule is CCCCC/C=C\C/C=C\C/C=C\C=C\C(=O)CCCC(=O)OC[C@H](COP(=O)(O)OC[C@@H](O)COP(=O)(O)O)OC(=O)CCCC/C=C\C/C=C\C/C=C\CCCCC. The maximum absolute atomic E-state index is 12.6. The molecule has 4 N–H and O–H groups in total. The van der Waals surface area contributed by atoms with E-state index in [1.54, 1.807) is 12.2 Å². The molecule has 0 aromatic carbocycles. The van der Waals surface area contributed by atoms with Crippen LogP contribution in [0.5, 0.6) is 0 Å². The lowest BCUT2D eigenvalue weighted by molar-refractivity contribution is -0.161. The molecule has 60 heavy (non-hydrogen) atoms. The van der Waals surface area contributed by atoms with Crippen molar-refractivity contribution in [2.45, 2.75) is 148 Å². The van der Waals surface area contributed by atoms with Gasteiger partial charge in [0.15, 0.2) is 11.9 Å². The van der Waals surface area contributed by atoms with E-state index in [4.69, 9.17) is 23.8 Å². The Hall–Kier alpha value is -3.03. The molecule has 0 fully saturated rings. The summed E-state index contributed by atoms with van der Waals surface area (Å²) in [6.07, 6.45) is 40.2. The normalized spacial score (nSPS) is 14.8. The summed E-state index contributed by atoms with van der Waals surface area (Å²) in [5, 5.41) is 9.73. The first kappa shape index (κ1) is 57.0. The summed E-state index contributed by atoms with van der Waals surface area (Å²) in [6.45, 7) is 1.36. The Morgan fingerprint density at radius 1 is 0.533 bits per heavy atom. The van der Waals surface area contributed by atoms with Crippen molar-refractivity contribution in [3.8, 4) is 0 Å². The summed E-state index contributed by atoms with van der Waals surface area (Å²) in [6, 6.07) is 0. The number of aliphatic hydroxyl groups excluding tert-OH is 1. The van der Waals surface area contributed by atoms with E-state index in [-0.39, 0.29) is 31.5 Å². The fourth-order valence-electron chi connectivity index (χ4n) is 4.95. The number of rotatable bonds is 39. The number of unbranched alkanes of at least 4 members (excludes halogenated alkanes) is 8. The van der Waals surface area contributed by atoms with Crippen molar-refractivity contribution >= 4 is 33.4 Å². The molecule has 0 aliphatic rings. The van der Waals surface area contributed by atoms with Crippen LogP contribution < -0.4 is 0 Å². The Kier molecular flexibility index (Phi) is 36.9. The summed E-state index contributed by atoms with van der Waals surface area (Å²) in [4.78, 5) is 64.8. The monoisotopic (exact) mass is 886 g/mol. The van der Waals surface area contributed by atoms with Crippen LogP contribution in [0, 0.1) is 0 Å². The summed E-state index contributed by atoms with van der Waals surface area (Å²) in [5.74, 6) is -1.51. The van der Waals surface area contributed by atoms with Gasteiger partial charge in [-0.2, -0.15) is 0 Å². The predicted octanol–water partition coefficient (Wildman–Crippen LogP) is 9.96. The Morgan fingerprint density at radius 2 is 1.02 bits per heavy atom. The molecule has 0 aliphatic carbocycles. The number of ketones is 1. The molecule has 0 bridgehead atoms. The fourth-order valence-corrected chi connectivity index (χ4v) is 6.11. The lowest BCUT2D eigenvalue weighted by atomic mass is 10.1. The number of hydrogen-bond acceptors (Lipinski definition) is 11. The molecule has 16 heteroatoms. The number of hydrogen-bond donors (Lipinski definition) is 4. The smallest absolute Gasteiger partial charge is 0.462 e. The van der Waals surface area contributed by atoms with Gasteiger partial charge in [0.05, 0.1) is 19.8 Å².